The number of anilines is 1. The molecule has 0 aromatic heterocycles. The van der Waals surface area contributed by atoms with Gasteiger partial charge in [0.25, 0.3) is 21.8 Å². The van der Waals surface area contributed by atoms with Crippen molar-refractivity contribution in [1.29, 1.82) is 0 Å². The summed E-state index contributed by atoms with van der Waals surface area (Å²) < 4.78 is 46.6. The number of para-hydroxylation sites is 1. The fourth-order valence-corrected chi connectivity index (χ4v) is 4.00. The molecule has 0 aliphatic rings. The van der Waals surface area contributed by atoms with Gasteiger partial charge < -0.3 is 4.74 Å². The Kier molecular flexibility index (Phi) is 7.52. The summed E-state index contributed by atoms with van der Waals surface area (Å²) in [5.41, 5.74) is 6.72. The van der Waals surface area contributed by atoms with Crippen molar-refractivity contribution in [2.45, 2.75) is 31.8 Å². The summed E-state index contributed by atoms with van der Waals surface area (Å²) in [6, 6.07) is 16.1. The molecular weight excluding hydrogens is 461 g/mol. The molecule has 0 aliphatic carbocycles. The van der Waals surface area contributed by atoms with E-state index in [0.717, 1.165) is 11.1 Å². The minimum atomic E-state index is -3.79. The summed E-state index contributed by atoms with van der Waals surface area (Å²) in [7, 11) is -3.79. The van der Waals surface area contributed by atoms with Crippen molar-refractivity contribution in [3.63, 3.8) is 0 Å². The maximum Gasteiger partial charge on any atom is 0.279 e. The lowest BCUT2D eigenvalue weighted by molar-refractivity contribution is -0.128. The van der Waals surface area contributed by atoms with Gasteiger partial charge in [0.05, 0.1) is 4.90 Å². The van der Waals surface area contributed by atoms with Crippen LogP contribution in [0.25, 0.3) is 0 Å². The predicted molar refractivity (Wildman–Crippen MR) is 125 cm³/mol. The van der Waals surface area contributed by atoms with Crippen LogP contribution < -0.4 is 20.3 Å². The zero-order chi connectivity index (χ0) is 24.9. The summed E-state index contributed by atoms with van der Waals surface area (Å²) >= 11 is 0. The van der Waals surface area contributed by atoms with Gasteiger partial charge >= 0.3 is 0 Å². The van der Waals surface area contributed by atoms with E-state index in [0.29, 0.717) is 0 Å². The standard InChI is InChI=1S/C24H24FN3O5S/c1-15-8-13-20(14-16(15)2)34(31,32)28-19-11-9-18(10-12-19)24(30)27-26-23(29)17(3)33-22-7-5-4-6-21(22)25/h4-14,17,28H,1-3H3,(H,26,29)(H,27,30)/t17-/m0/s1. The summed E-state index contributed by atoms with van der Waals surface area (Å²) in [6.07, 6.45) is -1.07. The number of ether oxygens (including phenoxy) is 1. The molecule has 3 aromatic carbocycles. The minimum Gasteiger partial charge on any atom is -0.478 e. The van der Waals surface area contributed by atoms with E-state index in [-0.39, 0.29) is 21.9 Å². The maximum absolute atomic E-state index is 13.6. The molecular formula is C24H24FN3O5S. The number of sulfonamides is 1. The number of rotatable bonds is 7. The lowest BCUT2D eigenvalue weighted by atomic mass is 10.1. The van der Waals surface area contributed by atoms with Crippen LogP contribution in [-0.4, -0.2) is 26.3 Å². The van der Waals surface area contributed by atoms with E-state index in [1.807, 2.05) is 13.8 Å². The van der Waals surface area contributed by atoms with Gasteiger partial charge in [0.2, 0.25) is 0 Å². The largest absolute Gasteiger partial charge is 0.478 e. The number of benzene rings is 3. The summed E-state index contributed by atoms with van der Waals surface area (Å²) in [4.78, 5) is 24.6. The van der Waals surface area contributed by atoms with Gasteiger partial charge in [-0.25, -0.2) is 12.8 Å². The van der Waals surface area contributed by atoms with Crippen molar-refractivity contribution >= 4 is 27.5 Å². The third kappa shape index (κ3) is 6.10. The second-order valence-corrected chi connectivity index (χ2v) is 9.25. The van der Waals surface area contributed by atoms with E-state index in [1.54, 1.807) is 18.2 Å². The predicted octanol–water partition coefficient (Wildman–Crippen LogP) is 3.47. The number of hydrazine groups is 1. The highest BCUT2D eigenvalue weighted by atomic mass is 32.2. The number of aryl methyl sites for hydroxylation is 2. The fraction of sp³-hybridized carbons (Fsp3) is 0.167. The van der Waals surface area contributed by atoms with Crippen LogP contribution in [0.5, 0.6) is 5.75 Å². The molecule has 0 saturated carbocycles. The van der Waals surface area contributed by atoms with Gasteiger partial charge in [-0.15, -0.1) is 0 Å². The second-order valence-electron chi connectivity index (χ2n) is 7.56. The Balaban J connectivity index is 1.56. The third-order valence-electron chi connectivity index (χ3n) is 5.00. The number of nitrogens with one attached hydrogen (secondary N) is 3. The van der Waals surface area contributed by atoms with Crippen molar-refractivity contribution in [3.05, 3.63) is 89.2 Å². The van der Waals surface area contributed by atoms with Gasteiger partial charge in [-0.2, -0.15) is 0 Å². The molecule has 0 fully saturated rings. The van der Waals surface area contributed by atoms with Crippen LogP contribution in [0.15, 0.2) is 71.6 Å². The molecule has 3 N–H and O–H groups in total. The summed E-state index contributed by atoms with van der Waals surface area (Å²) in [6.45, 7) is 5.12. The number of hydrogen-bond donors (Lipinski definition) is 3. The molecule has 0 radical (unpaired) electrons. The summed E-state index contributed by atoms with van der Waals surface area (Å²) in [5, 5.41) is 0. The van der Waals surface area contributed by atoms with Crippen LogP contribution in [0.1, 0.15) is 28.4 Å². The van der Waals surface area contributed by atoms with Crippen LogP contribution in [0, 0.1) is 19.7 Å². The van der Waals surface area contributed by atoms with Crippen LogP contribution in [0.3, 0.4) is 0 Å². The van der Waals surface area contributed by atoms with Crippen LogP contribution in [-0.2, 0) is 14.8 Å². The molecule has 0 heterocycles. The molecule has 0 unspecified atom stereocenters. The van der Waals surface area contributed by atoms with Gasteiger partial charge in [-0.05, 0) is 80.4 Å². The lowest BCUT2D eigenvalue weighted by Gasteiger charge is -2.15. The van der Waals surface area contributed by atoms with Gasteiger partial charge in [0, 0.05) is 11.3 Å². The zero-order valence-electron chi connectivity index (χ0n) is 18.8. The molecule has 34 heavy (non-hydrogen) atoms. The molecule has 0 aliphatic heterocycles. The Morgan fingerprint density at radius 1 is 0.912 bits per heavy atom. The Morgan fingerprint density at radius 2 is 1.59 bits per heavy atom. The molecule has 0 bridgehead atoms. The van der Waals surface area contributed by atoms with Gasteiger partial charge in [0.15, 0.2) is 17.7 Å². The van der Waals surface area contributed by atoms with E-state index in [1.165, 1.54) is 55.5 Å². The van der Waals surface area contributed by atoms with Gasteiger partial charge in [-0.3, -0.25) is 25.2 Å². The Labute approximate surface area is 197 Å². The molecule has 2 amide bonds. The van der Waals surface area contributed by atoms with Crippen LogP contribution in [0.2, 0.25) is 0 Å². The molecule has 10 heteroatoms. The first-order chi connectivity index (χ1) is 16.1. The average Bonchev–Trinajstić information content (AvgIpc) is 2.80. The second kappa shape index (κ2) is 10.3. The highest BCUT2D eigenvalue weighted by Crippen LogP contribution is 2.19. The van der Waals surface area contributed by atoms with Gasteiger partial charge in [-0.1, -0.05) is 18.2 Å². The van der Waals surface area contributed by atoms with E-state index in [9.17, 15) is 22.4 Å². The Morgan fingerprint density at radius 3 is 2.24 bits per heavy atom. The first-order valence-electron chi connectivity index (χ1n) is 10.3. The molecule has 3 aromatic rings. The first-order valence-corrected chi connectivity index (χ1v) is 11.8. The van der Waals surface area contributed by atoms with Crippen molar-refractivity contribution in [2.75, 3.05) is 4.72 Å². The minimum absolute atomic E-state index is 0.0877. The normalized spacial score (nSPS) is 11.9. The topological polar surface area (TPSA) is 114 Å². The maximum atomic E-state index is 13.6. The Hall–Kier alpha value is -3.92. The van der Waals surface area contributed by atoms with E-state index in [4.69, 9.17) is 4.74 Å². The van der Waals surface area contributed by atoms with Crippen LogP contribution >= 0.6 is 0 Å². The molecule has 0 spiro atoms. The summed E-state index contributed by atoms with van der Waals surface area (Å²) in [5.74, 6) is -2.01. The SMILES string of the molecule is Cc1ccc(S(=O)(=O)Nc2ccc(C(=O)NNC(=O)[C@H](C)Oc3ccccc3F)cc2)cc1C. The van der Waals surface area contributed by atoms with E-state index < -0.39 is 33.8 Å². The van der Waals surface area contributed by atoms with Crippen molar-refractivity contribution in [1.82, 2.24) is 10.9 Å². The smallest absolute Gasteiger partial charge is 0.279 e. The average molecular weight is 486 g/mol. The fourth-order valence-electron chi connectivity index (χ4n) is 2.86. The molecule has 1 atom stereocenters. The molecule has 3 rings (SSSR count). The highest BCUT2D eigenvalue weighted by Gasteiger charge is 2.18. The quantitative estimate of drug-likeness (QED) is 0.444. The monoisotopic (exact) mass is 485 g/mol. The Bertz CT molecular complexity index is 1310. The highest BCUT2D eigenvalue weighted by molar-refractivity contribution is 7.92. The number of hydrogen-bond acceptors (Lipinski definition) is 5. The van der Waals surface area contributed by atoms with E-state index >= 15 is 0 Å². The molecule has 178 valence electrons. The molecule has 8 nitrogen and oxygen atoms in total. The number of amides is 2. The zero-order valence-corrected chi connectivity index (χ0v) is 19.6. The van der Waals surface area contributed by atoms with E-state index in [2.05, 4.69) is 15.6 Å². The van der Waals surface area contributed by atoms with Gasteiger partial charge in [0.1, 0.15) is 0 Å². The third-order valence-corrected chi connectivity index (χ3v) is 6.38. The number of carbonyl (C=O) groups excluding carboxylic acids is 2. The van der Waals surface area contributed by atoms with Crippen molar-refractivity contribution < 1.29 is 27.1 Å². The molecule has 0 saturated heterocycles. The number of halogens is 1. The lowest BCUT2D eigenvalue weighted by Crippen LogP contribution is -2.47. The first kappa shape index (κ1) is 24.7. The van der Waals surface area contributed by atoms with Crippen molar-refractivity contribution in [2.24, 2.45) is 0 Å². The van der Waals surface area contributed by atoms with Crippen LogP contribution in [0.4, 0.5) is 10.1 Å². The van der Waals surface area contributed by atoms with Crippen molar-refractivity contribution in [3.8, 4) is 5.75 Å². The number of carbonyl (C=O) groups is 2.